The number of halogens is 4. The zero-order valence-electron chi connectivity index (χ0n) is 8.21. The van der Waals surface area contributed by atoms with Crippen LogP contribution in [0.15, 0.2) is 23.2 Å². The molecule has 6 heteroatoms. The van der Waals surface area contributed by atoms with Crippen molar-refractivity contribution in [2.45, 2.75) is 12.5 Å². The van der Waals surface area contributed by atoms with Gasteiger partial charge >= 0.3 is 0 Å². The van der Waals surface area contributed by atoms with Crippen molar-refractivity contribution < 1.29 is 13.9 Å². The molecule has 16 heavy (non-hydrogen) atoms. The minimum absolute atomic E-state index is 0. The zero-order chi connectivity index (χ0) is 11.6. The molecular formula is C10H11BrClF2NO. The Morgan fingerprint density at radius 2 is 2.12 bits per heavy atom. The molecule has 0 aromatic heterocycles. The molecule has 0 bridgehead atoms. The van der Waals surface area contributed by atoms with Gasteiger partial charge < -0.3 is 10.8 Å². The monoisotopic (exact) mass is 313 g/mol. The quantitative estimate of drug-likeness (QED) is 0.663. The van der Waals surface area contributed by atoms with Crippen molar-refractivity contribution in [1.29, 1.82) is 0 Å². The van der Waals surface area contributed by atoms with Crippen molar-refractivity contribution in [2.75, 3.05) is 0 Å². The molecule has 0 aliphatic heterocycles. The van der Waals surface area contributed by atoms with E-state index in [-0.39, 0.29) is 34.6 Å². The van der Waals surface area contributed by atoms with Gasteiger partial charge in [0.1, 0.15) is 5.75 Å². The van der Waals surface area contributed by atoms with E-state index in [0.29, 0.717) is 0 Å². The number of rotatable bonds is 3. The van der Waals surface area contributed by atoms with Crippen LogP contribution in [-0.4, -0.2) is 5.11 Å². The second-order valence-corrected chi connectivity index (χ2v) is 3.90. The molecule has 1 rings (SSSR count). The van der Waals surface area contributed by atoms with Crippen molar-refractivity contribution in [1.82, 2.24) is 0 Å². The molecule has 0 unspecified atom stereocenters. The summed E-state index contributed by atoms with van der Waals surface area (Å²) in [5, 5.41) is 9.53. The van der Waals surface area contributed by atoms with Gasteiger partial charge in [0.2, 0.25) is 0 Å². The van der Waals surface area contributed by atoms with E-state index in [9.17, 15) is 13.9 Å². The Balaban J connectivity index is 0.00000225. The molecule has 0 fully saturated rings. The molecule has 0 saturated carbocycles. The van der Waals surface area contributed by atoms with Crippen LogP contribution in [0.25, 0.3) is 0 Å². The normalized spacial score (nSPS) is 11.8. The lowest BCUT2D eigenvalue weighted by Gasteiger charge is -2.14. The summed E-state index contributed by atoms with van der Waals surface area (Å²) in [7, 11) is 0. The van der Waals surface area contributed by atoms with Gasteiger partial charge in [-0.3, -0.25) is 0 Å². The van der Waals surface area contributed by atoms with Crippen LogP contribution in [0.3, 0.4) is 0 Å². The lowest BCUT2D eigenvalue weighted by atomic mass is 10.0. The number of phenols is 1. The van der Waals surface area contributed by atoms with E-state index >= 15 is 0 Å². The highest BCUT2D eigenvalue weighted by Crippen LogP contribution is 2.35. The van der Waals surface area contributed by atoms with Crippen LogP contribution in [0, 0.1) is 11.6 Å². The van der Waals surface area contributed by atoms with Crippen molar-refractivity contribution >= 4 is 28.3 Å². The van der Waals surface area contributed by atoms with E-state index in [0.717, 1.165) is 6.07 Å². The van der Waals surface area contributed by atoms with Gasteiger partial charge in [0.05, 0.1) is 10.0 Å². The molecule has 0 amide bonds. The average Bonchev–Trinajstić information content (AvgIpc) is 2.16. The molecule has 2 nitrogen and oxygen atoms in total. The summed E-state index contributed by atoms with van der Waals surface area (Å²) in [5.74, 6) is -2.54. The molecule has 0 saturated heterocycles. The van der Waals surface area contributed by atoms with E-state index in [2.05, 4.69) is 22.5 Å². The summed E-state index contributed by atoms with van der Waals surface area (Å²) < 4.78 is 26.4. The number of aromatic hydroxyl groups is 1. The van der Waals surface area contributed by atoms with Crippen molar-refractivity contribution in [3.63, 3.8) is 0 Å². The number of phenolic OH excluding ortho intramolecular Hbond substituents is 1. The highest BCUT2D eigenvalue weighted by Gasteiger charge is 2.21. The molecule has 0 spiro atoms. The van der Waals surface area contributed by atoms with Gasteiger partial charge in [-0.25, -0.2) is 8.78 Å². The Morgan fingerprint density at radius 3 is 2.62 bits per heavy atom. The summed E-state index contributed by atoms with van der Waals surface area (Å²) in [6, 6.07) is 0.0453. The standard InChI is InChI=1S/C10H10BrF2NO.ClH/c1-2-3-7(14)8-9(13)6(12)4-5(11)10(8)15;/h2,4,7,15H,1,3,14H2;1H/t7-;/m1./s1. The van der Waals surface area contributed by atoms with E-state index in [4.69, 9.17) is 5.73 Å². The van der Waals surface area contributed by atoms with Crippen LogP contribution in [-0.2, 0) is 0 Å². The Morgan fingerprint density at radius 1 is 1.56 bits per heavy atom. The second-order valence-electron chi connectivity index (χ2n) is 3.05. The van der Waals surface area contributed by atoms with Crippen LogP contribution in [0.5, 0.6) is 5.75 Å². The Bertz CT molecular complexity index is 375. The van der Waals surface area contributed by atoms with Crippen LogP contribution in [0.1, 0.15) is 18.0 Å². The summed E-state index contributed by atoms with van der Waals surface area (Å²) in [6.07, 6.45) is 1.72. The molecule has 1 aromatic carbocycles. The first-order valence-corrected chi connectivity index (χ1v) is 5.01. The fourth-order valence-electron chi connectivity index (χ4n) is 1.24. The first-order chi connectivity index (χ1) is 6.99. The topological polar surface area (TPSA) is 46.2 Å². The lowest BCUT2D eigenvalue weighted by Crippen LogP contribution is -2.12. The third-order valence-electron chi connectivity index (χ3n) is 1.97. The summed E-state index contributed by atoms with van der Waals surface area (Å²) >= 11 is 2.91. The predicted octanol–water partition coefficient (Wildman–Crippen LogP) is 3.43. The largest absolute Gasteiger partial charge is 0.506 e. The molecule has 1 aromatic rings. The van der Waals surface area contributed by atoms with E-state index in [1.54, 1.807) is 0 Å². The molecular weight excluding hydrogens is 303 g/mol. The van der Waals surface area contributed by atoms with E-state index in [1.165, 1.54) is 6.08 Å². The van der Waals surface area contributed by atoms with Gasteiger partial charge in [-0.1, -0.05) is 6.08 Å². The van der Waals surface area contributed by atoms with Crippen LogP contribution in [0.2, 0.25) is 0 Å². The number of benzene rings is 1. The first-order valence-electron chi connectivity index (χ1n) is 4.21. The van der Waals surface area contributed by atoms with Crippen LogP contribution in [0.4, 0.5) is 8.78 Å². The predicted molar refractivity (Wildman–Crippen MR) is 64.7 cm³/mol. The van der Waals surface area contributed by atoms with Crippen LogP contribution < -0.4 is 5.73 Å². The average molecular weight is 315 g/mol. The fraction of sp³-hybridized carbons (Fsp3) is 0.200. The van der Waals surface area contributed by atoms with Gasteiger partial charge in [-0.05, 0) is 28.4 Å². The Labute approximate surface area is 107 Å². The first kappa shape index (κ1) is 15.3. The molecule has 0 aliphatic carbocycles. The highest BCUT2D eigenvalue weighted by molar-refractivity contribution is 9.10. The van der Waals surface area contributed by atoms with Gasteiger partial charge in [-0.15, -0.1) is 19.0 Å². The number of hydrogen-bond acceptors (Lipinski definition) is 2. The number of hydrogen-bond donors (Lipinski definition) is 2. The molecule has 0 radical (unpaired) electrons. The highest BCUT2D eigenvalue weighted by atomic mass is 79.9. The third-order valence-corrected chi connectivity index (χ3v) is 2.58. The molecule has 3 N–H and O–H groups in total. The minimum atomic E-state index is -1.12. The van der Waals surface area contributed by atoms with Gasteiger partial charge in [0.25, 0.3) is 0 Å². The number of nitrogens with two attached hydrogens (primary N) is 1. The zero-order valence-corrected chi connectivity index (χ0v) is 10.6. The summed E-state index contributed by atoms with van der Waals surface area (Å²) in [4.78, 5) is 0. The van der Waals surface area contributed by atoms with E-state index < -0.39 is 17.7 Å². The van der Waals surface area contributed by atoms with Crippen molar-refractivity contribution in [3.05, 3.63) is 40.4 Å². The Kier molecular flexibility index (Phi) is 5.92. The molecule has 0 aliphatic rings. The Hall–Kier alpha value is -0.650. The van der Waals surface area contributed by atoms with Gasteiger partial charge in [-0.2, -0.15) is 0 Å². The van der Waals surface area contributed by atoms with Crippen LogP contribution >= 0.6 is 28.3 Å². The van der Waals surface area contributed by atoms with Gasteiger partial charge in [0.15, 0.2) is 11.6 Å². The molecule has 0 heterocycles. The van der Waals surface area contributed by atoms with Gasteiger partial charge in [0, 0.05) is 6.04 Å². The maximum absolute atomic E-state index is 13.3. The smallest absolute Gasteiger partial charge is 0.167 e. The van der Waals surface area contributed by atoms with E-state index in [1.807, 2.05) is 0 Å². The fourth-order valence-corrected chi connectivity index (χ4v) is 1.65. The van der Waals surface area contributed by atoms with Crippen molar-refractivity contribution in [3.8, 4) is 5.75 Å². The second kappa shape index (κ2) is 6.18. The summed E-state index contributed by atoms with van der Waals surface area (Å²) in [5.41, 5.74) is 5.35. The van der Waals surface area contributed by atoms with Crippen molar-refractivity contribution in [2.24, 2.45) is 5.73 Å². The minimum Gasteiger partial charge on any atom is -0.506 e. The molecule has 90 valence electrons. The maximum Gasteiger partial charge on any atom is 0.167 e. The third kappa shape index (κ3) is 2.93. The maximum atomic E-state index is 13.3. The summed E-state index contributed by atoms with van der Waals surface area (Å²) in [6.45, 7) is 3.44. The molecule has 1 atom stereocenters. The lowest BCUT2D eigenvalue weighted by molar-refractivity contribution is 0.428. The SMILES string of the molecule is C=CC[C@@H](N)c1c(O)c(Br)cc(F)c1F.Cl.